The third-order valence-electron chi connectivity index (χ3n) is 3.60. The number of hydrogen-bond acceptors (Lipinski definition) is 3. The molecule has 0 atom stereocenters. The van der Waals surface area contributed by atoms with Gasteiger partial charge in [-0.1, -0.05) is 42.5 Å². The summed E-state index contributed by atoms with van der Waals surface area (Å²) in [7, 11) is 0. The molecular formula is C19H19NO4. The third kappa shape index (κ3) is 5.68. The third-order valence-corrected chi connectivity index (χ3v) is 3.60. The number of carbonyl (C=O) groups excluding carboxylic acids is 2. The van der Waals surface area contributed by atoms with E-state index in [4.69, 9.17) is 5.11 Å². The number of aryl methyl sites for hydroxylation is 2. The number of Topliss-reactive ketones (excluding diaryl/α,β-unsaturated/α-hetero) is 1. The Morgan fingerprint density at radius 1 is 0.792 bits per heavy atom. The molecular weight excluding hydrogens is 306 g/mol. The Hall–Kier alpha value is -2.95. The van der Waals surface area contributed by atoms with Gasteiger partial charge in [0, 0.05) is 18.5 Å². The lowest BCUT2D eigenvalue weighted by Crippen LogP contribution is -2.13. The number of carboxylic acid groups (broad SMARTS) is 1. The minimum absolute atomic E-state index is 0.0296. The Labute approximate surface area is 140 Å². The Kier molecular flexibility index (Phi) is 6.25. The summed E-state index contributed by atoms with van der Waals surface area (Å²) in [5.41, 5.74) is 2.65. The van der Waals surface area contributed by atoms with Crippen LogP contribution in [0, 0.1) is 0 Å². The molecule has 5 heteroatoms. The van der Waals surface area contributed by atoms with Crippen LogP contribution in [-0.4, -0.2) is 22.8 Å². The van der Waals surface area contributed by atoms with Crippen molar-refractivity contribution < 1.29 is 19.5 Å². The molecule has 0 saturated carbocycles. The van der Waals surface area contributed by atoms with Crippen molar-refractivity contribution >= 4 is 23.3 Å². The van der Waals surface area contributed by atoms with Crippen LogP contribution in [0.3, 0.4) is 0 Å². The maximum atomic E-state index is 11.9. The van der Waals surface area contributed by atoms with Crippen molar-refractivity contribution in [3.8, 4) is 0 Å². The average Bonchev–Trinajstić information content (AvgIpc) is 2.60. The predicted octanol–water partition coefficient (Wildman–Crippen LogP) is 2.84. The number of aliphatic carboxylic acids is 1. The lowest BCUT2D eigenvalue weighted by molar-refractivity contribution is -0.149. The van der Waals surface area contributed by atoms with Gasteiger partial charge < -0.3 is 10.4 Å². The summed E-state index contributed by atoms with van der Waals surface area (Å²) in [5.74, 6) is -2.27. The first-order valence-corrected chi connectivity index (χ1v) is 7.73. The number of ketones is 1. The number of nitrogens with one attached hydrogen (secondary N) is 1. The minimum atomic E-state index is -1.41. The largest absolute Gasteiger partial charge is 0.476 e. The monoisotopic (exact) mass is 325 g/mol. The Bertz CT molecular complexity index is 708. The van der Waals surface area contributed by atoms with Gasteiger partial charge in [0.25, 0.3) is 0 Å². The number of benzene rings is 2. The van der Waals surface area contributed by atoms with Gasteiger partial charge >= 0.3 is 5.97 Å². The van der Waals surface area contributed by atoms with Gasteiger partial charge in [-0.25, -0.2) is 4.79 Å². The van der Waals surface area contributed by atoms with E-state index in [2.05, 4.69) is 5.32 Å². The molecule has 0 aliphatic rings. The van der Waals surface area contributed by atoms with Crippen LogP contribution >= 0.6 is 0 Å². The predicted molar refractivity (Wildman–Crippen MR) is 90.8 cm³/mol. The summed E-state index contributed by atoms with van der Waals surface area (Å²) in [6.07, 6.45) is 1.42. The molecule has 0 aromatic heterocycles. The smallest absolute Gasteiger partial charge is 0.372 e. The lowest BCUT2D eigenvalue weighted by atomic mass is 10.1. The first kappa shape index (κ1) is 17.4. The van der Waals surface area contributed by atoms with Gasteiger partial charge in [-0.2, -0.15) is 0 Å². The number of amides is 1. The van der Waals surface area contributed by atoms with E-state index in [1.165, 1.54) is 0 Å². The summed E-state index contributed by atoms with van der Waals surface area (Å²) in [6, 6.07) is 16.9. The molecule has 0 unspecified atom stereocenters. The SMILES string of the molecule is O=C(CCc1ccccc1)Nc1ccc(CCC(=O)C(=O)O)cc1. The van der Waals surface area contributed by atoms with Crippen molar-refractivity contribution in [3.63, 3.8) is 0 Å². The normalized spacial score (nSPS) is 10.2. The molecule has 0 heterocycles. The van der Waals surface area contributed by atoms with E-state index in [0.717, 1.165) is 11.1 Å². The van der Waals surface area contributed by atoms with Crippen LogP contribution in [0.15, 0.2) is 54.6 Å². The van der Waals surface area contributed by atoms with E-state index < -0.39 is 11.8 Å². The summed E-state index contributed by atoms with van der Waals surface area (Å²) in [4.78, 5) is 33.5. The van der Waals surface area contributed by atoms with E-state index >= 15 is 0 Å². The fourth-order valence-electron chi connectivity index (χ4n) is 2.25. The first-order chi connectivity index (χ1) is 11.5. The number of hydrogen-bond donors (Lipinski definition) is 2. The van der Waals surface area contributed by atoms with Crippen molar-refractivity contribution in [1.82, 2.24) is 0 Å². The second kappa shape index (κ2) is 8.62. The van der Waals surface area contributed by atoms with Gasteiger partial charge in [-0.05, 0) is 36.1 Å². The highest BCUT2D eigenvalue weighted by Crippen LogP contribution is 2.12. The molecule has 0 aliphatic carbocycles. The molecule has 0 radical (unpaired) electrons. The molecule has 0 fully saturated rings. The number of rotatable bonds is 8. The zero-order valence-corrected chi connectivity index (χ0v) is 13.2. The van der Waals surface area contributed by atoms with Gasteiger partial charge in [0.15, 0.2) is 0 Å². The van der Waals surface area contributed by atoms with E-state index in [9.17, 15) is 14.4 Å². The maximum absolute atomic E-state index is 11.9. The van der Waals surface area contributed by atoms with Gasteiger partial charge in [0.2, 0.25) is 11.7 Å². The molecule has 2 aromatic rings. The van der Waals surface area contributed by atoms with Crippen LogP contribution in [0.1, 0.15) is 24.0 Å². The lowest BCUT2D eigenvalue weighted by Gasteiger charge is -2.06. The number of carbonyl (C=O) groups is 3. The molecule has 24 heavy (non-hydrogen) atoms. The van der Waals surface area contributed by atoms with Gasteiger partial charge in [0.1, 0.15) is 0 Å². The fraction of sp³-hybridized carbons (Fsp3) is 0.211. The molecule has 2 N–H and O–H groups in total. The van der Waals surface area contributed by atoms with Crippen molar-refractivity contribution in [2.24, 2.45) is 0 Å². The van der Waals surface area contributed by atoms with E-state index in [-0.39, 0.29) is 12.3 Å². The quantitative estimate of drug-likeness (QED) is 0.731. The molecule has 2 rings (SSSR count). The summed E-state index contributed by atoms with van der Waals surface area (Å²) >= 11 is 0. The Morgan fingerprint density at radius 3 is 2.00 bits per heavy atom. The highest BCUT2D eigenvalue weighted by molar-refractivity contribution is 6.32. The van der Waals surface area contributed by atoms with Crippen LogP contribution in [-0.2, 0) is 27.2 Å². The summed E-state index contributed by atoms with van der Waals surface area (Å²) < 4.78 is 0. The Morgan fingerprint density at radius 2 is 1.38 bits per heavy atom. The topological polar surface area (TPSA) is 83.5 Å². The van der Waals surface area contributed by atoms with Gasteiger partial charge in [0.05, 0.1) is 0 Å². The minimum Gasteiger partial charge on any atom is -0.476 e. The fourth-order valence-corrected chi connectivity index (χ4v) is 2.25. The molecule has 0 spiro atoms. The van der Waals surface area contributed by atoms with Crippen molar-refractivity contribution in [1.29, 1.82) is 0 Å². The number of carboxylic acids is 1. The van der Waals surface area contributed by atoms with Crippen LogP contribution in [0.4, 0.5) is 5.69 Å². The number of anilines is 1. The zero-order valence-electron chi connectivity index (χ0n) is 13.2. The molecule has 2 aromatic carbocycles. The highest BCUT2D eigenvalue weighted by Gasteiger charge is 2.11. The van der Waals surface area contributed by atoms with Gasteiger partial charge in [-0.3, -0.25) is 9.59 Å². The van der Waals surface area contributed by atoms with E-state index in [1.54, 1.807) is 24.3 Å². The van der Waals surface area contributed by atoms with Gasteiger partial charge in [-0.15, -0.1) is 0 Å². The van der Waals surface area contributed by atoms with Crippen molar-refractivity contribution in [2.75, 3.05) is 5.32 Å². The average molecular weight is 325 g/mol. The molecule has 1 amide bonds. The second-order valence-corrected chi connectivity index (χ2v) is 5.46. The molecule has 124 valence electrons. The zero-order chi connectivity index (χ0) is 17.4. The van der Waals surface area contributed by atoms with Crippen LogP contribution in [0.25, 0.3) is 0 Å². The first-order valence-electron chi connectivity index (χ1n) is 7.73. The molecule has 0 bridgehead atoms. The highest BCUT2D eigenvalue weighted by atomic mass is 16.4. The second-order valence-electron chi connectivity index (χ2n) is 5.46. The molecule has 5 nitrogen and oxygen atoms in total. The maximum Gasteiger partial charge on any atom is 0.372 e. The van der Waals surface area contributed by atoms with E-state index in [1.807, 2.05) is 30.3 Å². The van der Waals surface area contributed by atoms with Crippen LogP contribution < -0.4 is 5.32 Å². The summed E-state index contributed by atoms with van der Waals surface area (Å²) in [5, 5.41) is 11.4. The standard InChI is InChI=1S/C19H19NO4/c21-17(19(23)24)12-8-15-6-10-16(11-7-15)20-18(22)13-9-14-4-2-1-3-5-14/h1-7,10-11H,8-9,12-13H2,(H,20,22)(H,23,24). The molecule has 0 saturated heterocycles. The van der Waals surface area contributed by atoms with Crippen molar-refractivity contribution in [3.05, 3.63) is 65.7 Å². The summed E-state index contributed by atoms with van der Waals surface area (Å²) in [6.45, 7) is 0. The van der Waals surface area contributed by atoms with E-state index in [0.29, 0.717) is 24.9 Å². The van der Waals surface area contributed by atoms with Crippen molar-refractivity contribution in [2.45, 2.75) is 25.7 Å². The van der Waals surface area contributed by atoms with Crippen LogP contribution in [0.5, 0.6) is 0 Å². The van der Waals surface area contributed by atoms with Crippen LogP contribution in [0.2, 0.25) is 0 Å². The Balaban J connectivity index is 1.79. The molecule has 0 aliphatic heterocycles.